The molecule has 80 valence electrons. The Morgan fingerprint density at radius 2 is 1.06 bits per heavy atom. The average molecular weight is 210 g/mol. The number of hydrogen-bond acceptors (Lipinski definition) is 0. The summed E-state index contributed by atoms with van der Waals surface area (Å²) in [6.45, 7) is 0. The van der Waals surface area contributed by atoms with Gasteiger partial charge in [0, 0.05) is 24.7 Å². The molecule has 0 aliphatic heterocycles. The van der Waals surface area contributed by atoms with Crippen LogP contribution in [-0.4, -0.2) is 9.97 Å². The van der Waals surface area contributed by atoms with E-state index in [0.717, 1.165) is 0 Å². The van der Waals surface area contributed by atoms with Crippen LogP contribution in [-0.2, 0) is 0 Å². The second kappa shape index (κ2) is 2.67. The zero-order valence-electron chi connectivity index (χ0n) is 8.62. The van der Waals surface area contributed by atoms with Gasteiger partial charge in [-0.1, -0.05) is 36.4 Å². The van der Waals surface area contributed by atoms with Gasteiger partial charge >= 0.3 is 0 Å². The number of aromatic amines is 2. The van der Waals surface area contributed by atoms with Gasteiger partial charge in [0.1, 0.15) is 0 Å². The van der Waals surface area contributed by atoms with Crippen LogP contribution in [0, 0.1) is 0 Å². The van der Waals surface area contributed by atoms with Gasteiger partial charge in [-0.3, -0.25) is 0 Å². The molecular formula is C14H14N2. The van der Waals surface area contributed by atoms with Gasteiger partial charge in [0.25, 0.3) is 0 Å². The van der Waals surface area contributed by atoms with Crippen LogP contribution >= 0.6 is 0 Å². The van der Waals surface area contributed by atoms with E-state index in [-0.39, 0.29) is 2.85 Å². The molecule has 16 heavy (non-hydrogen) atoms. The highest BCUT2D eigenvalue weighted by molar-refractivity contribution is 6.16. The minimum absolute atomic E-state index is 0. The molecule has 4 aromatic rings. The molecule has 2 heterocycles. The molecule has 0 spiro atoms. The van der Waals surface area contributed by atoms with Crippen LogP contribution < -0.4 is 0 Å². The molecular weight excluding hydrogens is 196 g/mol. The third-order valence-corrected chi connectivity index (χ3v) is 3.16. The highest BCUT2D eigenvalue weighted by Gasteiger charge is 2.08. The number of benzene rings is 2. The molecule has 0 fully saturated rings. The van der Waals surface area contributed by atoms with Gasteiger partial charge in [-0.15, -0.1) is 0 Å². The number of para-hydroxylation sites is 2. The van der Waals surface area contributed by atoms with E-state index in [9.17, 15) is 0 Å². The third kappa shape index (κ3) is 0.865. The number of hydrogen-bond donors (Lipinski definition) is 2. The van der Waals surface area contributed by atoms with E-state index in [2.05, 4.69) is 58.5 Å². The average Bonchev–Trinajstić information content (AvgIpc) is 2.85. The topological polar surface area (TPSA) is 31.6 Å². The minimum Gasteiger partial charge on any atom is -0.353 e. The van der Waals surface area contributed by atoms with Crippen molar-refractivity contribution in [3.63, 3.8) is 0 Å². The van der Waals surface area contributed by atoms with Crippen molar-refractivity contribution in [2.75, 3.05) is 0 Å². The lowest BCUT2D eigenvalue weighted by atomic mass is 10.2. The van der Waals surface area contributed by atoms with Crippen LogP contribution in [0.2, 0.25) is 0 Å². The van der Waals surface area contributed by atoms with Crippen molar-refractivity contribution in [2.45, 2.75) is 0 Å². The van der Waals surface area contributed by atoms with Crippen molar-refractivity contribution in [1.29, 1.82) is 0 Å². The summed E-state index contributed by atoms with van der Waals surface area (Å²) in [5.74, 6) is 0. The third-order valence-electron chi connectivity index (χ3n) is 3.16. The first-order chi connectivity index (χ1) is 7.93. The smallest absolute Gasteiger partial charge is 0.0725 e. The molecule has 0 aliphatic rings. The quantitative estimate of drug-likeness (QED) is 0.434. The van der Waals surface area contributed by atoms with Crippen LogP contribution in [0.5, 0.6) is 0 Å². The molecule has 0 atom stereocenters. The fourth-order valence-electron chi connectivity index (χ4n) is 2.42. The van der Waals surface area contributed by atoms with E-state index in [4.69, 9.17) is 0 Å². The molecule has 0 amide bonds. The summed E-state index contributed by atoms with van der Waals surface area (Å²) in [5.41, 5.74) is 4.79. The van der Waals surface area contributed by atoms with E-state index in [0.29, 0.717) is 0 Å². The van der Waals surface area contributed by atoms with Crippen LogP contribution in [0.25, 0.3) is 32.8 Å². The molecule has 4 rings (SSSR count). The van der Waals surface area contributed by atoms with Gasteiger partial charge in [0.2, 0.25) is 0 Å². The van der Waals surface area contributed by atoms with E-state index in [1.165, 1.54) is 32.8 Å². The van der Waals surface area contributed by atoms with Gasteiger partial charge in [-0.2, -0.15) is 0 Å². The van der Waals surface area contributed by atoms with Gasteiger partial charge in [0.05, 0.1) is 11.0 Å². The first-order valence-electron chi connectivity index (χ1n) is 5.40. The summed E-state index contributed by atoms with van der Waals surface area (Å²) in [5, 5.41) is 2.52. The Labute approximate surface area is 94.9 Å². The Hall–Kier alpha value is -2.22. The lowest BCUT2D eigenvalue weighted by Crippen LogP contribution is -1.69. The molecule has 2 aromatic carbocycles. The molecule has 0 bridgehead atoms. The van der Waals surface area contributed by atoms with Crippen LogP contribution in [0.4, 0.5) is 0 Å². The maximum atomic E-state index is 3.47. The molecule has 0 aliphatic carbocycles. The summed E-state index contributed by atoms with van der Waals surface area (Å²) in [6, 6.07) is 16.8. The predicted octanol–water partition coefficient (Wildman–Crippen LogP) is 4.29. The number of H-pyrrole nitrogens is 2. The first kappa shape index (κ1) is 7.99. The second-order valence-electron chi connectivity index (χ2n) is 4.09. The van der Waals surface area contributed by atoms with Crippen molar-refractivity contribution in [3.8, 4) is 0 Å². The van der Waals surface area contributed by atoms with Crippen molar-refractivity contribution in [3.05, 3.63) is 48.5 Å². The Morgan fingerprint density at radius 3 is 1.56 bits per heavy atom. The molecule has 0 saturated heterocycles. The zero-order chi connectivity index (χ0) is 10.5. The lowest BCUT2D eigenvalue weighted by Gasteiger charge is -1.89. The minimum atomic E-state index is 0. The Bertz CT molecular complexity index is 744. The normalized spacial score (nSPS) is 11.8. The maximum absolute atomic E-state index is 3.47. The summed E-state index contributed by atoms with van der Waals surface area (Å²) in [6.07, 6.45) is 0. The predicted molar refractivity (Wildman–Crippen MR) is 71.9 cm³/mol. The summed E-state index contributed by atoms with van der Waals surface area (Å²) in [4.78, 5) is 6.94. The number of rotatable bonds is 0. The Kier molecular flexibility index (Phi) is 1.33. The van der Waals surface area contributed by atoms with Crippen LogP contribution in [0.3, 0.4) is 0 Å². The SMILES string of the molecule is [HH].[HH].c1ccc2c(c1)[nH]c1c3ccccc3[nH]c21. The van der Waals surface area contributed by atoms with Crippen LogP contribution in [0.1, 0.15) is 2.85 Å². The molecule has 2 heteroatoms. The van der Waals surface area contributed by atoms with Crippen molar-refractivity contribution < 1.29 is 2.85 Å². The van der Waals surface area contributed by atoms with Crippen molar-refractivity contribution in [1.82, 2.24) is 9.97 Å². The monoisotopic (exact) mass is 210 g/mol. The van der Waals surface area contributed by atoms with E-state index in [1.54, 1.807) is 0 Å². The maximum Gasteiger partial charge on any atom is 0.0725 e. The van der Waals surface area contributed by atoms with Gasteiger partial charge in [0.15, 0.2) is 0 Å². The fourth-order valence-corrected chi connectivity index (χ4v) is 2.42. The fraction of sp³-hybridized carbons (Fsp3) is 0. The molecule has 0 radical (unpaired) electrons. The molecule has 2 N–H and O–H groups in total. The standard InChI is InChI=1S/C14H10N2.2H2/c1-3-7-11-9(5-1)13-14(15-11)10-6-2-4-8-12(10)16-13;;/h1-8,15-16H;2*1H. The summed E-state index contributed by atoms with van der Waals surface area (Å²) < 4.78 is 0. The number of aromatic nitrogens is 2. The molecule has 0 saturated carbocycles. The highest BCUT2D eigenvalue weighted by atomic mass is 14.8. The summed E-state index contributed by atoms with van der Waals surface area (Å²) in [7, 11) is 0. The van der Waals surface area contributed by atoms with Crippen LogP contribution in [0.15, 0.2) is 48.5 Å². The number of nitrogens with one attached hydrogen (secondary N) is 2. The Balaban J connectivity index is 0.000000602. The molecule has 2 aromatic heterocycles. The van der Waals surface area contributed by atoms with Crippen molar-refractivity contribution >= 4 is 32.8 Å². The highest BCUT2D eigenvalue weighted by Crippen LogP contribution is 2.30. The number of fused-ring (bicyclic) bond motifs is 5. The van der Waals surface area contributed by atoms with Gasteiger partial charge < -0.3 is 9.97 Å². The molecule has 2 nitrogen and oxygen atoms in total. The largest absolute Gasteiger partial charge is 0.353 e. The second-order valence-corrected chi connectivity index (χ2v) is 4.09. The summed E-state index contributed by atoms with van der Waals surface area (Å²) >= 11 is 0. The Morgan fingerprint density at radius 1 is 0.625 bits per heavy atom. The van der Waals surface area contributed by atoms with Gasteiger partial charge in [-0.25, -0.2) is 0 Å². The lowest BCUT2D eigenvalue weighted by molar-refractivity contribution is 1.57. The van der Waals surface area contributed by atoms with Crippen molar-refractivity contribution in [2.24, 2.45) is 0 Å². The van der Waals surface area contributed by atoms with Gasteiger partial charge in [-0.05, 0) is 12.1 Å². The molecule has 0 unspecified atom stereocenters. The van der Waals surface area contributed by atoms with E-state index in [1.807, 2.05) is 0 Å². The first-order valence-corrected chi connectivity index (χ1v) is 5.40. The van der Waals surface area contributed by atoms with E-state index < -0.39 is 0 Å². The van der Waals surface area contributed by atoms with E-state index >= 15 is 0 Å². The zero-order valence-corrected chi connectivity index (χ0v) is 8.62.